The van der Waals surface area contributed by atoms with E-state index < -0.39 is 0 Å². The molecule has 26 heavy (non-hydrogen) atoms. The Morgan fingerprint density at radius 2 is 1.96 bits per heavy atom. The zero-order chi connectivity index (χ0) is 19.0. The first kappa shape index (κ1) is 18.7. The Kier molecular flexibility index (Phi) is 5.21. The van der Waals surface area contributed by atoms with E-state index >= 15 is 0 Å². The molecule has 1 aromatic heterocycles. The number of benzene rings is 1. The number of rotatable bonds is 4. The van der Waals surface area contributed by atoms with Crippen molar-refractivity contribution in [2.75, 3.05) is 6.54 Å². The molecule has 134 valence electrons. The molecule has 1 saturated heterocycles. The van der Waals surface area contributed by atoms with Gasteiger partial charge in [-0.15, -0.1) is 6.58 Å². The summed E-state index contributed by atoms with van der Waals surface area (Å²) < 4.78 is 2.84. The maximum Gasteiger partial charge on any atom is 0.266 e. The van der Waals surface area contributed by atoms with Gasteiger partial charge in [-0.2, -0.15) is 0 Å². The second-order valence-corrected chi connectivity index (χ2v) is 8.14. The lowest BCUT2D eigenvalue weighted by Gasteiger charge is -2.14. The zero-order valence-electron chi connectivity index (χ0n) is 15.5. The van der Waals surface area contributed by atoms with E-state index in [1.54, 1.807) is 11.0 Å². The van der Waals surface area contributed by atoms with Crippen molar-refractivity contribution in [3.63, 3.8) is 0 Å². The summed E-state index contributed by atoms with van der Waals surface area (Å²) in [5, 5.41) is 0. The van der Waals surface area contributed by atoms with Gasteiger partial charge in [-0.3, -0.25) is 9.69 Å². The Morgan fingerprint density at radius 3 is 2.65 bits per heavy atom. The number of carbonyl (C=O) groups excluding carboxylic acids is 1. The van der Waals surface area contributed by atoms with Crippen molar-refractivity contribution in [1.29, 1.82) is 0 Å². The lowest BCUT2D eigenvalue weighted by Crippen LogP contribution is -2.27. The summed E-state index contributed by atoms with van der Waals surface area (Å²) in [6.07, 6.45) is 3.65. The van der Waals surface area contributed by atoms with Crippen LogP contribution >= 0.6 is 24.0 Å². The van der Waals surface area contributed by atoms with Gasteiger partial charge in [-0.1, -0.05) is 42.2 Å². The zero-order valence-corrected chi connectivity index (χ0v) is 17.1. The molecule has 5 heteroatoms. The predicted molar refractivity (Wildman–Crippen MR) is 115 cm³/mol. The highest BCUT2D eigenvalue weighted by atomic mass is 32.2. The predicted octanol–water partition coefficient (Wildman–Crippen LogP) is 5.10. The van der Waals surface area contributed by atoms with Crippen molar-refractivity contribution >= 4 is 40.3 Å². The van der Waals surface area contributed by atoms with Crippen LogP contribution < -0.4 is 0 Å². The molecular weight excluding hydrogens is 360 g/mol. The molecule has 0 radical (unpaired) electrons. The van der Waals surface area contributed by atoms with Crippen LogP contribution in [-0.4, -0.2) is 26.2 Å². The van der Waals surface area contributed by atoms with E-state index in [-0.39, 0.29) is 5.91 Å². The maximum atomic E-state index is 12.6. The van der Waals surface area contributed by atoms with Crippen LogP contribution in [0.25, 0.3) is 11.8 Å². The van der Waals surface area contributed by atoms with E-state index in [2.05, 4.69) is 63.1 Å². The highest BCUT2D eigenvalue weighted by molar-refractivity contribution is 8.26. The molecule has 0 N–H and O–H groups in total. The standard InChI is InChI=1S/C21H22N2OS2/c1-6-10-22-20(24)19(26-21(22)25)12-17-11-14(3)23(16(17)5)18-9-7-8-13(2)15(18)4/h6-9,11-12H,1,10H2,2-5H3/b19-12-. The first-order valence-electron chi connectivity index (χ1n) is 8.47. The van der Waals surface area contributed by atoms with E-state index in [4.69, 9.17) is 12.2 Å². The monoisotopic (exact) mass is 382 g/mol. The van der Waals surface area contributed by atoms with Gasteiger partial charge in [0.1, 0.15) is 4.32 Å². The fourth-order valence-electron chi connectivity index (χ4n) is 3.21. The fraction of sp³-hybridized carbons (Fsp3) is 0.238. The second kappa shape index (κ2) is 7.25. The van der Waals surface area contributed by atoms with Gasteiger partial charge in [-0.05, 0) is 62.6 Å². The fourth-order valence-corrected chi connectivity index (χ4v) is 4.48. The minimum Gasteiger partial charge on any atom is -0.318 e. The number of aryl methyl sites for hydroxylation is 2. The molecule has 3 nitrogen and oxygen atoms in total. The summed E-state index contributed by atoms with van der Waals surface area (Å²) in [5.41, 5.74) is 7.01. The van der Waals surface area contributed by atoms with Crippen molar-refractivity contribution in [2.45, 2.75) is 27.7 Å². The molecule has 1 aliphatic heterocycles. The molecule has 0 aliphatic carbocycles. The van der Waals surface area contributed by atoms with Crippen molar-refractivity contribution in [2.24, 2.45) is 0 Å². The Hall–Kier alpha value is -2.11. The summed E-state index contributed by atoms with van der Waals surface area (Å²) in [4.78, 5) is 14.8. The van der Waals surface area contributed by atoms with Gasteiger partial charge in [0.15, 0.2) is 0 Å². The first-order valence-corrected chi connectivity index (χ1v) is 9.69. The molecule has 1 amide bonds. The molecule has 1 fully saturated rings. The molecule has 0 bridgehead atoms. The van der Waals surface area contributed by atoms with E-state index in [0.29, 0.717) is 15.8 Å². The van der Waals surface area contributed by atoms with Crippen LogP contribution in [0.4, 0.5) is 0 Å². The van der Waals surface area contributed by atoms with Gasteiger partial charge in [0.05, 0.1) is 4.91 Å². The Bertz CT molecular complexity index is 953. The molecule has 2 aromatic rings. The Morgan fingerprint density at radius 1 is 1.23 bits per heavy atom. The smallest absolute Gasteiger partial charge is 0.266 e. The minimum absolute atomic E-state index is 0.0450. The molecule has 2 heterocycles. The lowest BCUT2D eigenvalue weighted by atomic mass is 10.1. The van der Waals surface area contributed by atoms with Crippen molar-refractivity contribution in [1.82, 2.24) is 9.47 Å². The van der Waals surface area contributed by atoms with Crippen LogP contribution in [0.3, 0.4) is 0 Å². The molecule has 1 aliphatic rings. The third kappa shape index (κ3) is 3.17. The van der Waals surface area contributed by atoms with Gasteiger partial charge in [0, 0.05) is 23.6 Å². The average Bonchev–Trinajstić information content (AvgIpc) is 3.01. The normalized spacial score (nSPS) is 16.0. The third-order valence-electron chi connectivity index (χ3n) is 4.76. The minimum atomic E-state index is -0.0450. The van der Waals surface area contributed by atoms with Crippen molar-refractivity contribution < 1.29 is 4.79 Å². The quantitative estimate of drug-likeness (QED) is 0.418. The van der Waals surface area contributed by atoms with Gasteiger partial charge in [0.2, 0.25) is 0 Å². The van der Waals surface area contributed by atoms with Gasteiger partial charge in [0.25, 0.3) is 5.91 Å². The number of carbonyl (C=O) groups is 1. The summed E-state index contributed by atoms with van der Waals surface area (Å²) in [6, 6.07) is 8.46. The SMILES string of the molecule is C=CCN1C(=O)/C(=C/c2cc(C)n(-c3cccc(C)c3C)c2C)SC1=S. The molecule has 0 unspecified atom stereocenters. The number of aromatic nitrogens is 1. The van der Waals surface area contributed by atoms with E-state index in [1.807, 2.05) is 6.08 Å². The molecular formula is C21H22N2OS2. The third-order valence-corrected chi connectivity index (χ3v) is 6.14. The number of hydrogen-bond acceptors (Lipinski definition) is 3. The molecule has 1 aromatic carbocycles. The van der Waals surface area contributed by atoms with Crippen molar-refractivity contribution in [3.05, 3.63) is 69.9 Å². The van der Waals surface area contributed by atoms with E-state index in [1.165, 1.54) is 28.6 Å². The van der Waals surface area contributed by atoms with Crippen LogP contribution in [-0.2, 0) is 4.79 Å². The second-order valence-electron chi connectivity index (χ2n) is 6.46. The van der Waals surface area contributed by atoms with Crippen LogP contribution in [0.2, 0.25) is 0 Å². The number of nitrogens with zero attached hydrogens (tertiary/aromatic N) is 2. The average molecular weight is 383 g/mol. The number of hydrogen-bond donors (Lipinski definition) is 0. The highest BCUT2D eigenvalue weighted by Gasteiger charge is 2.31. The molecule has 0 spiro atoms. The van der Waals surface area contributed by atoms with Crippen molar-refractivity contribution in [3.8, 4) is 5.69 Å². The largest absolute Gasteiger partial charge is 0.318 e. The number of thioether (sulfide) groups is 1. The summed E-state index contributed by atoms with van der Waals surface area (Å²) in [5.74, 6) is -0.0450. The summed E-state index contributed by atoms with van der Waals surface area (Å²) in [6.45, 7) is 12.6. The lowest BCUT2D eigenvalue weighted by molar-refractivity contribution is -0.121. The molecule has 3 rings (SSSR count). The highest BCUT2D eigenvalue weighted by Crippen LogP contribution is 2.34. The van der Waals surface area contributed by atoms with Gasteiger partial charge in [-0.25, -0.2) is 0 Å². The first-order chi connectivity index (χ1) is 12.3. The number of amides is 1. The Labute approximate surface area is 164 Å². The van der Waals surface area contributed by atoms with Crippen LogP contribution in [0.15, 0.2) is 41.8 Å². The van der Waals surface area contributed by atoms with Crippen LogP contribution in [0.1, 0.15) is 28.1 Å². The maximum absolute atomic E-state index is 12.6. The van der Waals surface area contributed by atoms with E-state index in [0.717, 1.165) is 17.0 Å². The topological polar surface area (TPSA) is 25.2 Å². The Balaban J connectivity index is 2.04. The van der Waals surface area contributed by atoms with Crippen LogP contribution in [0, 0.1) is 27.7 Å². The number of thiocarbonyl (C=S) groups is 1. The van der Waals surface area contributed by atoms with Crippen LogP contribution in [0.5, 0.6) is 0 Å². The molecule has 0 saturated carbocycles. The summed E-state index contributed by atoms with van der Waals surface area (Å²) >= 11 is 6.68. The van der Waals surface area contributed by atoms with Gasteiger partial charge >= 0.3 is 0 Å². The van der Waals surface area contributed by atoms with E-state index in [9.17, 15) is 4.79 Å². The van der Waals surface area contributed by atoms with Gasteiger partial charge < -0.3 is 4.57 Å². The molecule has 0 atom stereocenters. The summed E-state index contributed by atoms with van der Waals surface area (Å²) in [7, 11) is 0.